The molecular formula is C10H10F3NS. The summed E-state index contributed by atoms with van der Waals surface area (Å²) in [6.07, 6.45) is -4.28. The third kappa shape index (κ3) is 2.68. The fourth-order valence-corrected chi connectivity index (χ4v) is 1.69. The minimum atomic E-state index is -4.28. The number of alkyl halides is 3. The molecule has 0 saturated heterocycles. The Morgan fingerprint density at radius 2 is 1.87 bits per heavy atom. The summed E-state index contributed by atoms with van der Waals surface area (Å²) in [5, 5.41) is 0. The lowest BCUT2D eigenvalue weighted by atomic mass is 10.2. The average molecular weight is 233 g/mol. The van der Waals surface area contributed by atoms with Crippen LogP contribution in [0.1, 0.15) is 19.4 Å². The van der Waals surface area contributed by atoms with Gasteiger partial charge in [0.25, 0.3) is 0 Å². The Balaban J connectivity index is 0.000000531. The third-order valence-electron chi connectivity index (χ3n) is 1.66. The van der Waals surface area contributed by atoms with E-state index >= 15 is 0 Å². The molecule has 1 aromatic carbocycles. The van der Waals surface area contributed by atoms with Crippen molar-refractivity contribution in [2.75, 3.05) is 0 Å². The van der Waals surface area contributed by atoms with Crippen LogP contribution in [0.5, 0.6) is 0 Å². The van der Waals surface area contributed by atoms with Crippen LogP contribution >= 0.6 is 11.3 Å². The van der Waals surface area contributed by atoms with Gasteiger partial charge in [-0.3, -0.25) is 0 Å². The third-order valence-corrected chi connectivity index (χ3v) is 2.47. The number of fused-ring (bicyclic) bond motifs is 1. The predicted octanol–water partition coefficient (Wildman–Crippen LogP) is 4.34. The fourth-order valence-electron chi connectivity index (χ4n) is 1.03. The van der Waals surface area contributed by atoms with Crippen LogP contribution in [0.2, 0.25) is 0 Å². The van der Waals surface area contributed by atoms with E-state index in [-0.39, 0.29) is 0 Å². The number of rotatable bonds is 0. The first-order chi connectivity index (χ1) is 7.07. The van der Waals surface area contributed by atoms with Crippen molar-refractivity contribution in [1.29, 1.82) is 0 Å². The monoisotopic (exact) mass is 233 g/mol. The average Bonchev–Trinajstić information content (AvgIpc) is 2.66. The number of nitrogens with zero attached hydrogens (tertiary/aromatic N) is 1. The Kier molecular flexibility index (Phi) is 3.68. The van der Waals surface area contributed by atoms with Gasteiger partial charge in [0.15, 0.2) is 0 Å². The molecule has 82 valence electrons. The van der Waals surface area contributed by atoms with Crippen molar-refractivity contribution in [2.24, 2.45) is 0 Å². The van der Waals surface area contributed by atoms with E-state index in [1.54, 1.807) is 0 Å². The molecule has 0 fully saturated rings. The summed E-state index contributed by atoms with van der Waals surface area (Å²) in [7, 11) is 0. The van der Waals surface area contributed by atoms with Crippen LogP contribution < -0.4 is 0 Å². The molecule has 0 saturated carbocycles. The van der Waals surface area contributed by atoms with E-state index in [1.165, 1.54) is 22.9 Å². The van der Waals surface area contributed by atoms with Gasteiger partial charge in [0.2, 0.25) is 0 Å². The maximum Gasteiger partial charge on any atom is 0.416 e. The fraction of sp³-hybridized carbons (Fsp3) is 0.300. The Labute approximate surface area is 89.6 Å². The molecule has 0 aliphatic carbocycles. The van der Waals surface area contributed by atoms with Gasteiger partial charge in [0.1, 0.15) is 0 Å². The van der Waals surface area contributed by atoms with Gasteiger partial charge in [-0.15, -0.1) is 11.3 Å². The number of hydrogen-bond acceptors (Lipinski definition) is 2. The summed E-state index contributed by atoms with van der Waals surface area (Å²) in [4.78, 5) is 3.81. The Bertz CT molecular complexity index is 433. The molecule has 0 amide bonds. The highest BCUT2D eigenvalue weighted by Crippen LogP contribution is 2.31. The summed E-state index contributed by atoms with van der Waals surface area (Å²) in [5.41, 5.74) is 1.29. The zero-order valence-corrected chi connectivity index (χ0v) is 9.12. The van der Waals surface area contributed by atoms with Gasteiger partial charge in [0.05, 0.1) is 21.3 Å². The molecular weight excluding hydrogens is 223 g/mol. The summed E-state index contributed by atoms with van der Waals surface area (Å²) < 4.78 is 37.4. The topological polar surface area (TPSA) is 12.9 Å². The number of aromatic nitrogens is 1. The maximum absolute atomic E-state index is 12.2. The number of hydrogen-bond donors (Lipinski definition) is 0. The van der Waals surface area contributed by atoms with Gasteiger partial charge in [-0.1, -0.05) is 13.8 Å². The molecule has 0 atom stereocenters. The minimum Gasteiger partial charge on any atom is -0.245 e. The largest absolute Gasteiger partial charge is 0.416 e. The van der Waals surface area contributed by atoms with Crippen LogP contribution in [-0.4, -0.2) is 4.98 Å². The zero-order valence-electron chi connectivity index (χ0n) is 8.30. The highest BCUT2D eigenvalue weighted by atomic mass is 32.1. The van der Waals surface area contributed by atoms with E-state index in [9.17, 15) is 13.2 Å². The second-order valence-electron chi connectivity index (χ2n) is 2.53. The van der Waals surface area contributed by atoms with Crippen molar-refractivity contribution in [3.8, 4) is 0 Å². The molecule has 0 aliphatic heterocycles. The van der Waals surface area contributed by atoms with Gasteiger partial charge in [0, 0.05) is 0 Å². The standard InChI is InChI=1S/C8H4F3NS.C2H6/c9-8(10,11)5-1-2-7-6(3-5)12-4-13-7;1-2/h1-4H;1-2H3. The molecule has 15 heavy (non-hydrogen) atoms. The summed E-state index contributed by atoms with van der Waals surface area (Å²) >= 11 is 1.33. The smallest absolute Gasteiger partial charge is 0.245 e. The molecule has 1 heterocycles. The molecule has 0 radical (unpaired) electrons. The molecule has 2 rings (SSSR count). The van der Waals surface area contributed by atoms with E-state index in [0.717, 1.165) is 16.8 Å². The minimum absolute atomic E-state index is 0.403. The van der Waals surface area contributed by atoms with E-state index < -0.39 is 11.7 Å². The highest BCUT2D eigenvalue weighted by molar-refractivity contribution is 7.16. The Morgan fingerprint density at radius 3 is 2.47 bits per heavy atom. The van der Waals surface area contributed by atoms with E-state index in [1.807, 2.05) is 13.8 Å². The first-order valence-electron chi connectivity index (χ1n) is 4.48. The second-order valence-corrected chi connectivity index (χ2v) is 3.42. The lowest BCUT2D eigenvalue weighted by Crippen LogP contribution is -2.03. The van der Waals surface area contributed by atoms with Crippen LogP contribution in [0.25, 0.3) is 10.2 Å². The molecule has 1 aromatic heterocycles. The van der Waals surface area contributed by atoms with E-state index in [2.05, 4.69) is 4.98 Å². The SMILES string of the molecule is CC.FC(F)(F)c1ccc2scnc2c1. The molecule has 0 aliphatic rings. The highest BCUT2D eigenvalue weighted by Gasteiger charge is 2.30. The second kappa shape index (κ2) is 4.61. The molecule has 0 spiro atoms. The molecule has 0 N–H and O–H groups in total. The lowest BCUT2D eigenvalue weighted by molar-refractivity contribution is -0.137. The van der Waals surface area contributed by atoms with Crippen molar-refractivity contribution < 1.29 is 13.2 Å². The van der Waals surface area contributed by atoms with Crippen molar-refractivity contribution in [3.05, 3.63) is 29.3 Å². The first-order valence-corrected chi connectivity index (χ1v) is 5.36. The van der Waals surface area contributed by atoms with Gasteiger partial charge >= 0.3 is 6.18 Å². The zero-order chi connectivity index (χ0) is 11.5. The Morgan fingerprint density at radius 1 is 1.20 bits per heavy atom. The van der Waals surface area contributed by atoms with Gasteiger partial charge in [-0.25, -0.2) is 4.98 Å². The molecule has 0 unspecified atom stereocenters. The molecule has 2 aromatic rings. The van der Waals surface area contributed by atoms with Gasteiger partial charge in [-0.2, -0.15) is 13.2 Å². The first kappa shape index (κ1) is 12.0. The quantitative estimate of drug-likeness (QED) is 0.659. The van der Waals surface area contributed by atoms with E-state index in [0.29, 0.717) is 5.52 Å². The van der Waals surface area contributed by atoms with Crippen LogP contribution in [0.4, 0.5) is 13.2 Å². The summed E-state index contributed by atoms with van der Waals surface area (Å²) in [6.45, 7) is 4.00. The van der Waals surface area contributed by atoms with Crippen molar-refractivity contribution in [1.82, 2.24) is 4.98 Å². The summed E-state index contributed by atoms with van der Waals surface area (Å²) in [6, 6.07) is 3.57. The lowest BCUT2D eigenvalue weighted by Gasteiger charge is -2.04. The van der Waals surface area contributed by atoms with Crippen molar-refractivity contribution in [2.45, 2.75) is 20.0 Å². The normalized spacial score (nSPS) is 11.0. The van der Waals surface area contributed by atoms with Gasteiger partial charge < -0.3 is 0 Å². The predicted molar refractivity (Wildman–Crippen MR) is 56.0 cm³/mol. The van der Waals surface area contributed by atoms with Crippen LogP contribution in [0, 0.1) is 0 Å². The molecule has 0 bridgehead atoms. The molecule has 5 heteroatoms. The maximum atomic E-state index is 12.2. The van der Waals surface area contributed by atoms with Crippen LogP contribution in [0.15, 0.2) is 23.7 Å². The number of benzene rings is 1. The summed E-state index contributed by atoms with van der Waals surface area (Å²) in [5.74, 6) is 0. The van der Waals surface area contributed by atoms with E-state index in [4.69, 9.17) is 0 Å². The van der Waals surface area contributed by atoms with Gasteiger partial charge in [-0.05, 0) is 18.2 Å². The van der Waals surface area contributed by atoms with Crippen LogP contribution in [-0.2, 0) is 6.18 Å². The van der Waals surface area contributed by atoms with Crippen molar-refractivity contribution >= 4 is 21.6 Å². The van der Waals surface area contributed by atoms with Crippen molar-refractivity contribution in [3.63, 3.8) is 0 Å². The molecule has 1 nitrogen and oxygen atoms in total. The van der Waals surface area contributed by atoms with Crippen LogP contribution in [0.3, 0.4) is 0 Å². The number of halogens is 3. The Hall–Kier alpha value is -1.10. The number of thiazole rings is 1.